The topological polar surface area (TPSA) is 62.3 Å². The molecule has 0 saturated heterocycles. The van der Waals surface area contributed by atoms with E-state index in [1.807, 2.05) is 26.1 Å². The van der Waals surface area contributed by atoms with Crippen molar-refractivity contribution in [3.63, 3.8) is 0 Å². The number of hydrogen-bond donors (Lipinski definition) is 1. The fourth-order valence-corrected chi connectivity index (χ4v) is 2.84. The van der Waals surface area contributed by atoms with E-state index < -0.39 is 0 Å². The van der Waals surface area contributed by atoms with E-state index in [4.69, 9.17) is 15.2 Å². The van der Waals surface area contributed by atoms with Gasteiger partial charge in [0.2, 0.25) is 0 Å². The highest BCUT2D eigenvalue weighted by atomic mass is 79.9. The molecule has 0 saturated carbocycles. The Labute approximate surface area is 126 Å². The molecule has 0 fully saturated rings. The van der Waals surface area contributed by atoms with Crippen molar-refractivity contribution >= 4 is 15.9 Å². The summed E-state index contributed by atoms with van der Waals surface area (Å²) in [6, 6.07) is 3.48. The predicted molar refractivity (Wildman–Crippen MR) is 81.2 cm³/mol. The molecular formula is C14H18BrN3O2. The highest BCUT2D eigenvalue weighted by molar-refractivity contribution is 9.10. The highest BCUT2D eigenvalue weighted by Gasteiger charge is 2.21. The number of ether oxygens (including phenoxy) is 2. The molecule has 6 heteroatoms. The average Bonchev–Trinajstić information content (AvgIpc) is 2.78. The lowest BCUT2D eigenvalue weighted by Crippen LogP contribution is -2.14. The molecule has 2 N–H and O–H groups in total. The first kappa shape index (κ1) is 14.9. The molecule has 1 unspecified atom stereocenters. The summed E-state index contributed by atoms with van der Waals surface area (Å²) in [6.07, 6.45) is 1.79. The normalized spacial score (nSPS) is 12.3. The van der Waals surface area contributed by atoms with Crippen LogP contribution in [0.1, 0.15) is 22.9 Å². The van der Waals surface area contributed by atoms with Gasteiger partial charge in [-0.15, -0.1) is 0 Å². The number of nitrogens with two attached hydrogens (primary N) is 1. The van der Waals surface area contributed by atoms with Crippen LogP contribution in [0.15, 0.2) is 22.8 Å². The van der Waals surface area contributed by atoms with Gasteiger partial charge < -0.3 is 15.2 Å². The van der Waals surface area contributed by atoms with E-state index in [9.17, 15) is 0 Å². The second-order valence-corrected chi connectivity index (χ2v) is 5.28. The third-order valence-corrected chi connectivity index (χ3v) is 4.21. The summed E-state index contributed by atoms with van der Waals surface area (Å²) in [6.45, 7) is 1.99. The summed E-state index contributed by atoms with van der Waals surface area (Å²) in [4.78, 5) is 0. The number of benzene rings is 1. The van der Waals surface area contributed by atoms with Gasteiger partial charge in [-0.25, -0.2) is 0 Å². The molecule has 1 atom stereocenters. The summed E-state index contributed by atoms with van der Waals surface area (Å²) in [5.41, 5.74) is 9.27. The quantitative estimate of drug-likeness (QED) is 0.929. The van der Waals surface area contributed by atoms with Crippen LogP contribution >= 0.6 is 15.9 Å². The number of rotatable bonds is 4. The Morgan fingerprint density at radius 1 is 1.25 bits per heavy atom. The number of hydrogen-bond acceptors (Lipinski definition) is 4. The van der Waals surface area contributed by atoms with Crippen LogP contribution in [0.25, 0.3) is 0 Å². The van der Waals surface area contributed by atoms with Crippen molar-refractivity contribution in [3.05, 3.63) is 39.6 Å². The van der Waals surface area contributed by atoms with Crippen LogP contribution < -0.4 is 15.2 Å². The van der Waals surface area contributed by atoms with Crippen molar-refractivity contribution in [3.8, 4) is 11.5 Å². The minimum Gasteiger partial charge on any atom is -0.495 e. The first-order valence-electron chi connectivity index (χ1n) is 6.15. The molecule has 20 heavy (non-hydrogen) atoms. The van der Waals surface area contributed by atoms with Crippen molar-refractivity contribution in [2.45, 2.75) is 13.0 Å². The zero-order chi connectivity index (χ0) is 14.9. The molecule has 0 bridgehead atoms. The Morgan fingerprint density at radius 3 is 2.45 bits per heavy atom. The fourth-order valence-electron chi connectivity index (χ4n) is 2.15. The number of aromatic nitrogens is 2. The van der Waals surface area contributed by atoms with Gasteiger partial charge in [0.1, 0.15) is 16.0 Å². The van der Waals surface area contributed by atoms with Gasteiger partial charge in [-0.2, -0.15) is 5.10 Å². The smallest absolute Gasteiger partial charge is 0.141 e. The molecule has 1 heterocycles. The molecular weight excluding hydrogens is 322 g/mol. The summed E-state index contributed by atoms with van der Waals surface area (Å²) < 4.78 is 13.3. The first-order valence-corrected chi connectivity index (χ1v) is 6.95. The molecule has 0 aliphatic heterocycles. The summed E-state index contributed by atoms with van der Waals surface area (Å²) in [7, 11) is 5.13. The minimum absolute atomic E-state index is 0.305. The summed E-state index contributed by atoms with van der Waals surface area (Å²) in [5, 5.41) is 4.23. The minimum atomic E-state index is -0.305. The van der Waals surface area contributed by atoms with Gasteiger partial charge in [0.05, 0.1) is 26.5 Å². The van der Waals surface area contributed by atoms with Gasteiger partial charge in [0.15, 0.2) is 0 Å². The van der Waals surface area contributed by atoms with Gasteiger partial charge >= 0.3 is 0 Å². The molecule has 0 radical (unpaired) electrons. The Balaban J connectivity index is 2.52. The zero-order valence-electron chi connectivity index (χ0n) is 12.0. The number of nitrogens with zero attached hydrogens (tertiary/aromatic N) is 2. The first-order chi connectivity index (χ1) is 9.51. The van der Waals surface area contributed by atoms with Crippen LogP contribution in [-0.2, 0) is 7.05 Å². The molecule has 0 amide bonds. The standard InChI is InChI=1S/C14H18BrN3O2/c1-8-10(7-17-18(8)2)13(16)9-5-6-11(19-3)12(15)14(9)20-4/h5-7,13H,16H2,1-4H3. The highest BCUT2D eigenvalue weighted by Crippen LogP contribution is 2.40. The molecule has 0 aliphatic carbocycles. The summed E-state index contributed by atoms with van der Waals surface area (Å²) in [5.74, 6) is 1.39. The lowest BCUT2D eigenvalue weighted by atomic mass is 9.99. The zero-order valence-corrected chi connectivity index (χ0v) is 13.6. The van der Waals surface area contributed by atoms with Crippen molar-refractivity contribution in [2.75, 3.05) is 14.2 Å². The maximum absolute atomic E-state index is 6.37. The monoisotopic (exact) mass is 339 g/mol. The van der Waals surface area contributed by atoms with Crippen LogP contribution in [0.4, 0.5) is 0 Å². The van der Waals surface area contributed by atoms with Crippen molar-refractivity contribution in [2.24, 2.45) is 12.8 Å². The van der Waals surface area contributed by atoms with Crippen LogP contribution in [-0.4, -0.2) is 24.0 Å². The average molecular weight is 340 g/mol. The molecule has 0 spiro atoms. The Bertz CT molecular complexity index is 625. The van der Waals surface area contributed by atoms with Crippen molar-refractivity contribution in [1.29, 1.82) is 0 Å². The summed E-state index contributed by atoms with van der Waals surface area (Å²) >= 11 is 3.49. The molecule has 0 aliphatic rings. The molecule has 2 rings (SSSR count). The molecule has 1 aromatic carbocycles. The van der Waals surface area contributed by atoms with Gasteiger partial charge in [0.25, 0.3) is 0 Å². The van der Waals surface area contributed by atoms with E-state index in [-0.39, 0.29) is 6.04 Å². The molecule has 108 valence electrons. The van der Waals surface area contributed by atoms with E-state index in [0.29, 0.717) is 11.5 Å². The Kier molecular flexibility index (Phi) is 4.35. The largest absolute Gasteiger partial charge is 0.495 e. The van der Waals surface area contributed by atoms with E-state index in [2.05, 4.69) is 21.0 Å². The molecule has 1 aromatic heterocycles. The lowest BCUT2D eigenvalue weighted by molar-refractivity contribution is 0.385. The van der Waals surface area contributed by atoms with Crippen LogP contribution in [0, 0.1) is 6.92 Å². The Hall–Kier alpha value is -1.53. The number of aryl methyl sites for hydroxylation is 1. The Morgan fingerprint density at radius 2 is 1.95 bits per heavy atom. The van der Waals surface area contributed by atoms with E-state index in [0.717, 1.165) is 21.3 Å². The van der Waals surface area contributed by atoms with E-state index >= 15 is 0 Å². The van der Waals surface area contributed by atoms with E-state index in [1.54, 1.807) is 25.1 Å². The van der Waals surface area contributed by atoms with Crippen LogP contribution in [0.3, 0.4) is 0 Å². The van der Waals surface area contributed by atoms with Crippen molar-refractivity contribution in [1.82, 2.24) is 9.78 Å². The number of methoxy groups -OCH3 is 2. The third kappa shape index (κ3) is 2.41. The third-order valence-electron chi connectivity index (χ3n) is 3.46. The van der Waals surface area contributed by atoms with Crippen LogP contribution in [0.5, 0.6) is 11.5 Å². The second kappa shape index (κ2) is 5.85. The molecule has 2 aromatic rings. The molecule has 5 nitrogen and oxygen atoms in total. The maximum Gasteiger partial charge on any atom is 0.141 e. The van der Waals surface area contributed by atoms with Gasteiger partial charge in [0, 0.05) is 23.9 Å². The fraction of sp³-hybridized carbons (Fsp3) is 0.357. The van der Waals surface area contributed by atoms with Gasteiger partial charge in [-0.3, -0.25) is 4.68 Å². The van der Waals surface area contributed by atoms with Gasteiger partial charge in [-0.05, 0) is 35.0 Å². The van der Waals surface area contributed by atoms with Crippen LogP contribution in [0.2, 0.25) is 0 Å². The SMILES string of the molecule is COc1ccc(C(N)c2cnn(C)c2C)c(OC)c1Br. The number of halogens is 1. The van der Waals surface area contributed by atoms with E-state index in [1.165, 1.54) is 0 Å². The maximum atomic E-state index is 6.37. The lowest BCUT2D eigenvalue weighted by Gasteiger charge is -2.18. The second-order valence-electron chi connectivity index (χ2n) is 4.49. The van der Waals surface area contributed by atoms with Gasteiger partial charge in [-0.1, -0.05) is 0 Å². The van der Waals surface area contributed by atoms with Crippen molar-refractivity contribution < 1.29 is 9.47 Å². The predicted octanol–water partition coefficient (Wildman–Crippen LogP) is 2.56.